The van der Waals surface area contributed by atoms with Crippen molar-refractivity contribution in [1.82, 2.24) is 0 Å². The predicted molar refractivity (Wildman–Crippen MR) is 73.0 cm³/mol. The minimum Gasteiger partial charge on any atom is -0.481 e. The summed E-state index contributed by atoms with van der Waals surface area (Å²) < 4.78 is 13.6. The van der Waals surface area contributed by atoms with Crippen LogP contribution in [0.3, 0.4) is 0 Å². The second-order valence-electron chi connectivity index (χ2n) is 4.61. The highest BCUT2D eigenvalue weighted by atomic mass is 35.5. The fourth-order valence-corrected chi connectivity index (χ4v) is 2.35. The Balaban J connectivity index is 2.14. The Hall–Kier alpha value is -1.88. The molecule has 4 nitrogen and oxygen atoms in total. The zero-order valence-electron chi connectivity index (χ0n) is 10.5. The van der Waals surface area contributed by atoms with E-state index in [2.05, 4.69) is 5.32 Å². The zero-order chi connectivity index (χ0) is 14.7. The van der Waals surface area contributed by atoms with Gasteiger partial charge in [-0.2, -0.15) is 0 Å². The highest BCUT2D eigenvalue weighted by Gasteiger charge is 2.34. The monoisotopic (exact) mass is 297 g/mol. The summed E-state index contributed by atoms with van der Waals surface area (Å²) in [6.45, 7) is 0. The Morgan fingerprint density at radius 1 is 1.25 bits per heavy atom. The van der Waals surface area contributed by atoms with E-state index in [1.807, 2.05) is 0 Å². The number of rotatable bonds is 3. The van der Waals surface area contributed by atoms with Crippen molar-refractivity contribution in [3.05, 3.63) is 41.2 Å². The Morgan fingerprint density at radius 3 is 2.50 bits per heavy atom. The van der Waals surface area contributed by atoms with Gasteiger partial charge >= 0.3 is 5.97 Å². The molecule has 0 aromatic heterocycles. The summed E-state index contributed by atoms with van der Waals surface area (Å²) in [6.07, 6.45) is 4.14. The molecule has 2 atom stereocenters. The topological polar surface area (TPSA) is 66.4 Å². The van der Waals surface area contributed by atoms with Crippen LogP contribution in [0.1, 0.15) is 12.8 Å². The Kier molecular flexibility index (Phi) is 4.39. The van der Waals surface area contributed by atoms with Gasteiger partial charge in [0.05, 0.1) is 17.5 Å². The van der Waals surface area contributed by atoms with Crippen molar-refractivity contribution in [1.29, 1.82) is 0 Å². The maximum absolute atomic E-state index is 13.6. The van der Waals surface area contributed by atoms with Gasteiger partial charge in [-0.3, -0.25) is 9.59 Å². The number of carboxylic acids is 1. The van der Waals surface area contributed by atoms with Crippen molar-refractivity contribution in [2.24, 2.45) is 11.8 Å². The van der Waals surface area contributed by atoms with Crippen LogP contribution in [-0.2, 0) is 9.59 Å². The Morgan fingerprint density at radius 2 is 1.90 bits per heavy atom. The molecule has 1 aromatic carbocycles. The van der Waals surface area contributed by atoms with Gasteiger partial charge < -0.3 is 10.4 Å². The second kappa shape index (κ2) is 6.05. The lowest BCUT2D eigenvalue weighted by molar-refractivity contribution is -0.146. The standard InChI is InChI=1S/C14H13ClFNO3/c15-8-5-6-12(11(16)7-8)17-13(18)9-3-1-2-4-10(9)14(19)20/h1-2,5-7,9-10H,3-4H2,(H,17,18)(H,19,20). The minimum absolute atomic E-state index is 0.00177. The summed E-state index contributed by atoms with van der Waals surface area (Å²) in [6, 6.07) is 3.90. The molecule has 0 saturated carbocycles. The molecular weight excluding hydrogens is 285 g/mol. The number of allylic oxidation sites excluding steroid dienone is 2. The van der Waals surface area contributed by atoms with Gasteiger partial charge in [-0.1, -0.05) is 23.8 Å². The molecule has 0 aliphatic heterocycles. The maximum Gasteiger partial charge on any atom is 0.307 e. The summed E-state index contributed by atoms with van der Waals surface area (Å²) in [5, 5.41) is 11.8. The van der Waals surface area contributed by atoms with E-state index < -0.39 is 29.5 Å². The van der Waals surface area contributed by atoms with E-state index in [0.717, 1.165) is 6.07 Å². The van der Waals surface area contributed by atoms with Crippen LogP contribution in [0.5, 0.6) is 0 Å². The fraction of sp³-hybridized carbons (Fsp3) is 0.286. The molecule has 6 heteroatoms. The van der Waals surface area contributed by atoms with Gasteiger partial charge in [0.15, 0.2) is 0 Å². The molecule has 0 spiro atoms. The summed E-state index contributed by atoms with van der Waals surface area (Å²) in [4.78, 5) is 23.2. The molecule has 1 amide bonds. The molecule has 0 radical (unpaired) electrons. The number of hydrogen-bond acceptors (Lipinski definition) is 2. The Bertz CT molecular complexity index is 574. The molecule has 0 fully saturated rings. The number of nitrogens with one attached hydrogen (secondary N) is 1. The Labute approximate surface area is 120 Å². The maximum atomic E-state index is 13.6. The van der Waals surface area contributed by atoms with E-state index in [1.165, 1.54) is 12.1 Å². The lowest BCUT2D eigenvalue weighted by Gasteiger charge is -2.24. The first kappa shape index (κ1) is 14.5. The third kappa shape index (κ3) is 3.17. The number of anilines is 1. The average Bonchev–Trinajstić information content (AvgIpc) is 2.41. The van der Waals surface area contributed by atoms with Crippen molar-refractivity contribution < 1.29 is 19.1 Å². The van der Waals surface area contributed by atoms with Crippen LogP contribution in [0.15, 0.2) is 30.4 Å². The van der Waals surface area contributed by atoms with Crippen LogP contribution in [0.4, 0.5) is 10.1 Å². The third-order valence-corrected chi connectivity index (χ3v) is 3.51. The number of amides is 1. The van der Waals surface area contributed by atoms with E-state index in [-0.39, 0.29) is 10.7 Å². The molecule has 2 N–H and O–H groups in total. The van der Waals surface area contributed by atoms with E-state index in [9.17, 15) is 14.0 Å². The van der Waals surface area contributed by atoms with Gasteiger partial charge in [-0.05, 0) is 31.0 Å². The molecule has 20 heavy (non-hydrogen) atoms. The van der Waals surface area contributed by atoms with Gasteiger partial charge in [-0.25, -0.2) is 4.39 Å². The molecule has 0 saturated heterocycles. The molecule has 2 unspecified atom stereocenters. The number of hydrogen-bond donors (Lipinski definition) is 2. The lowest BCUT2D eigenvalue weighted by Crippen LogP contribution is -2.34. The highest BCUT2D eigenvalue weighted by molar-refractivity contribution is 6.30. The molecule has 106 valence electrons. The summed E-state index contributed by atoms with van der Waals surface area (Å²) in [7, 11) is 0. The summed E-state index contributed by atoms with van der Waals surface area (Å²) >= 11 is 5.63. The normalized spacial score (nSPS) is 21.5. The number of carbonyl (C=O) groups excluding carboxylic acids is 1. The van der Waals surface area contributed by atoms with Gasteiger partial charge in [0, 0.05) is 5.02 Å². The van der Waals surface area contributed by atoms with Crippen molar-refractivity contribution in [3.8, 4) is 0 Å². The third-order valence-electron chi connectivity index (χ3n) is 3.28. The van der Waals surface area contributed by atoms with Crippen LogP contribution in [0.25, 0.3) is 0 Å². The number of aliphatic carboxylic acids is 1. The quantitative estimate of drug-likeness (QED) is 0.843. The SMILES string of the molecule is O=C(O)C1CC=CCC1C(=O)Nc1ccc(Cl)cc1F. The first-order valence-corrected chi connectivity index (χ1v) is 6.50. The van der Waals surface area contributed by atoms with Crippen molar-refractivity contribution in [3.63, 3.8) is 0 Å². The minimum atomic E-state index is -1.02. The molecule has 1 aliphatic carbocycles. The molecule has 2 rings (SSSR count). The first-order chi connectivity index (χ1) is 9.49. The van der Waals surface area contributed by atoms with E-state index in [0.29, 0.717) is 12.8 Å². The van der Waals surface area contributed by atoms with Crippen molar-refractivity contribution in [2.75, 3.05) is 5.32 Å². The number of benzene rings is 1. The zero-order valence-corrected chi connectivity index (χ0v) is 11.2. The molecule has 0 heterocycles. The molecule has 1 aliphatic rings. The van der Waals surface area contributed by atoms with Crippen LogP contribution < -0.4 is 5.32 Å². The second-order valence-corrected chi connectivity index (χ2v) is 5.04. The number of carbonyl (C=O) groups is 2. The molecule has 1 aromatic rings. The summed E-state index contributed by atoms with van der Waals surface area (Å²) in [5.41, 5.74) is -0.00177. The van der Waals surface area contributed by atoms with Gasteiger partial charge in [0.2, 0.25) is 5.91 Å². The number of carboxylic acid groups (broad SMARTS) is 1. The van der Waals surface area contributed by atoms with Gasteiger partial charge in [0.1, 0.15) is 5.82 Å². The first-order valence-electron chi connectivity index (χ1n) is 6.12. The predicted octanol–water partition coefficient (Wildman–Crippen LogP) is 3.08. The van der Waals surface area contributed by atoms with Crippen LogP contribution in [-0.4, -0.2) is 17.0 Å². The van der Waals surface area contributed by atoms with Crippen LogP contribution in [0, 0.1) is 17.7 Å². The fourth-order valence-electron chi connectivity index (χ4n) is 2.19. The van der Waals surface area contributed by atoms with Crippen molar-refractivity contribution >= 4 is 29.2 Å². The van der Waals surface area contributed by atoms with Gasteiger partial charge in [-0.15, -0.1) is 0 Å². The smallest absolute Gasteiger partial charge is 0.307 e. The van der Waals surface area contributed by atoms with E-state index in [1.54, 1.807) is 12.2 Å². The van der Waals surface area contributed by atoms with Gasteiger partial charge in [0.25, 0.3) is 0 Å². The highest BCUT2D eigenvalue weighted by Crippen LogP contribution is 2.28. The molecule has 0 bridgehead atoms. The van der Waals surface area contributed by atoms with Crippen LogP contribution in [0.2, 0.25) is 5.02 Å². The molecular formula is C14H13ClFNO3. The van der Waals surface area contributed by atoms with E-state index >= 15 is 0 Å². The largest absolute Gasteiger partial charge is 0.481 e. The summed E-state index contributed by atoms with van der Waals surface area (Å²) in [5.74, 6) is -3.65. The van der Waals surface area contributed by atoms with E-state index in [4.69, 9.17) is 16.7 Å². The lowest BCUT2D eigenvalue weighted by atomic mass is 9.82. The van der Waals surface area contributed by atoms with Crippen LogP contribution >= 0.6 is 11.6 Å². The van der Waals surface area contributed by atoms with Crippen molar-refractivity contribution in [2.45, 2.75) is 12.8 Å². The average molecular weight is 298 g/mol. The number of halogens is 2.